The van der Waals surface area contributed by atoms with Gasteiger partial charge < -0.3 is 9.52 Å². The third-order valence-corrected chi connectivity index (χ3v) is 4.61. The predicted molar refractivity (Wildman–Crippen MR) is 111 cm³/mol. The molecule has 158 valence electrons. The molecule has 0 unspecified atom stereocenters. The summed E-state index contributed by atoms with van der Waals surface area (Å²) in [4.78, 5) is 36.2. The third kappa shape index (κ3) is 4.32. The molecular weight excluding hydrogens is 402 g/mol. The molecule has 0 radical (unpaired) electrons. The van der Waals surface area contributed by atoms with E-state index in [-0.39, 0.29) is 17.9 Å². The number of oxazole rings is 1. The Morgan fingerprint density at radius 1 is 1.03 bits per heavy atom. The number of hydrogen-bond donors (Lipinski definition) is 3. The van der Waals surface area contributed by atoms with Crippen molar-refractivity contribution >= 4 is 22.9 Å². The van der Waals surface area contributed by atoms with Crippen molar-refractivity contribution in [2.24, 2.45) is 0 Å². The van der Waals surface area contributed by atoms with Crippen molar-refractivity contribution in [3.05, 3.63) is 77.0 Å². The van der Waals surface area contributed by atoms with E-state index in [1.54, 1.807) is 48.5 Å². The van der Waals surface area contributed by atoms with E-state index in [0.717, 1.165) is 0 Å². The minimum absolute atomic E-state index is 0.0661. The first-order valence-electron chi connectivity index (χ1n) is 9.54. The molecule has 31 heavy (non-hydrogen) atoms. The maximum atomic E-state index is 12.2. The molecule has 0 saturated heterocycles. The molecule has 0 saturated carbocycles. The molecule has 0 aliphatic heterocycles. The Hall–Kier alpha value is -4.34. The van der Waals surface area contributed by atoms with E-state index in [4.69, 9.17) is 4.42 Å². The fourth-order valence-electron chi connectivity index (χ4n) is 3.11. The predicted octanol–water partition coefficient (Wildman–Crippen LogP) is 1.73. The Labute approximate surface area is 175 Å². The fraction of sp³-hybridized carbons (Fsp3) is 0.143. The minimum atomic E-state index is -0.752. The Bertz CT molecular complexity index is 1290. The largest absolute Gasteiger partial charge is 0.504 e. The minimum Gasteiger partial charge on any atom is -0.504 e. The average Bonchev–Trinajstić information content (AvgIpc) is 3.32. The average molecular weight is 421 g/mol. The Morgan fingerprint density at radius 2 is 1.77 bits per heavy atom. The Kier molecular flexibility index (Phi) is 5.52. The zero-order valence-electron chi connectivity index (χ0n) is 16.3. The second-order valence-electron chi connectivity index (χ2n) is 6.74. The zero-order chi connectivity index (χ0) is 21.8. The fourth-order valence-corrected chi connectivity index (χ4v) is 3.11. The van der Waals surface area contributed by atoms with Crippen LogP contribution in [0.3, 0.4) is 0 Å². The molecule has 2 aromatic carbocycles. The van der Waals surface area contributed by atoms with Crippen LogP contribution in [0.2, 0.25) is 0 Å². The van der Waals surface area contributed by atoms with E-state index in [0.29, 0.717) is 29.8 Å². The van der Waals surface area contributed by atoms with Crippen molar-refractivity contribution in [2.45, 2.75) is 19.4 Å². The van der Waals surface area contributed by atoms with Gasteiger partial charge in [0.1, 0.15) is 0 Å². The smallest absolute Gasteiger partial charge is 0.419 e. The number of aromatic hydroxyl groups is 1. The SMILES string of the molecule is O=C(CCCn1c(=O)oc2ccccc21)NNC(=O)c1nn(-c2ccccc2)cc1O. The summed E-state index contributed by atoms with van der Waals surface area (Å²) >= 11 is 0. The lowest BCUT2D eigenvalue weighted by atomic mass is 10.3. The molecule has 0 spiro atoms. The van der Waals surface area contributed by atoms with Crippen LogP contribution in [0.5, 0.6) is 5.75 Å². The highest BCUT2D eigenvalue weighted by Gasteiger charge is 2.18. The van der Waals surface area contributed by atoms with E-state index in [9.17, 15) is 19.5 Å². The molecule has 10 nitrogen and oxygen atoms in total. The molecule has 10 heteroatoms. The number of nitrogens with zero attached hydrogens (tertiary/aromatic N) is 3. The number of carbonyl (C=O) groups excluding carboxylic acids is 2. The van der Waals surface area contributed by atoms with Crippen LogP contribution in [0.25, 0.3) is 16.8 Å². The van der Waals surface area contributed by atoms with Gasteiger partial charge >= 0.3 is 5.76 Å². The van der Waals surface area contributed by atoms with Crippen molar-refractivity contribution in [2.75, 3.05) is 0 Å². The Morgan fingerprint density at radius 3 is 2.58 bits per heavy atom. The number of para-hydroxylation sites is 3. The summed E-state index contributed by atoms with van der Waals surface area (Å²) in [5.41, 5.74) is 6.10. The van der Waals surface area contributed by atoms with Crippen LogP contribution < -0.4 is 16.6 Å². The molecule has 2 aromatic heterocycles. The van der Waals surface area contributed by atoms with Gasteiger partial charge in [-0.25, -0.2) is 9.48 Å². The molecule has 0 aliphatic carbocycles. The molecule has 3 N–H and O–H groups in total. The van der Waals surface area contributed by atoms with Gasteiger partial charge in [0.2, 0.25) is 5.91 Å². The number of hydrazine groups is 1. The third-order valence-electron chi connectivity index (χ3n) is 4.61. The normalized spacial score (nSPS) is 10.8. The molecule has 4 aromatic rings. The summed E-state index contributed by atoms with van der Waals surface area (Å²) in [6, 6.07) is 16.0. The van der Waals surface area contributed by atoms with Crippen LogP contribution in [-0.2, 0) is 11.3 Å². The lowest BCUT2D eigenvalue weighted by Crippen LogP contribution is -2.41. The summed E-state index contributed by atoms with van der Waals surface area (Å²) in [5.74, 6) is -2.00. The van der Waals surface area contributed by atoms with Crippen LogP contribution in [0, 0.1) is 0 Å². The molecule has 0 fully saturated rings. The topological polar surface area (TPSA) is 131 Å². The second-order valence-corrected chi connectivity index (χ2v) is 6.74. The molecule has 0 bridgehead atoms. The van der Waals surface area contributed by atoms with E-state index in [1.165, 1.54) is 15.4 Å². The summed E-state index contributed by atoms with van der Waals surface area (Å²) in [5, 5.41) is 14.0. The monoisotopic (exact) mass is 421 g/mol. The van der Waals surface area contributed by atoms with Gasteiger partial charge in [0.15, 0.2) is 17.0 Å². The van der Waals surface area contributed by atoms with Crippen LogP contribution in [0.1, 0.15) is 23.3 Å². The first-order valence-corrected chi connectivity index (χ1v) is 9.54. The van der Waals surface area contributed by atoms with E-state index in [2.05, 4.69) is 16.0 Å². The highest BCUT2D eigenvalue weighted by molar-refractivity contribution is 5.95. The number of aromatic nitrogens is 3. The van der Waals surface area contributed by atoms with Gasteiger partial charge in [-0.3, -0.25) is 25.0 Å². The van der Waals surface area contributed by atoms with Gasteiger partial charge in [-0.1, -0.05) is 30.3 Å². The van der Waals surface area contributed by atoms with Crippen molar-refractivity contribution in [1.29, 1.82) is 0 Å². The number of fused-ring (bicyclic) bond motifs is 1. The molecule has 0 aliphatic rings. The molecular formula is C21H19N5O5. The molecule has 2 amide bonds. The van der Waals surface area contributed by atoms with Crippen molar-refractivity contribution in [1.82, 2.24) is 25.2 Å². The van der Waals surface area contributed by atoms with Gasteiger partial charge in [0.25, 0.3) is 5.91 Å². The molecule has 0 atom stereocenters. The van der Waals surface area contributed by atoms with Crippen LogP contribution in [0.4, 0.5) is 0 Å². The summed E-state index contributed by atoms with van der Waals surface area (Å²) in [7, 11) is 0. The van der Waals surface area contributed by atoms with E-state index < -0.39 is 17.6 Å². The molecule has 4 rings (SSSR count). The lowest BCUT2D eigenvalue weighted by Gasteiger charge is -2.06. The van der Waals surface area contributed by atoms with Crippen molar-refractivity contribution in [3.63, 3.8) is 0 Å². The molecule has 2 heterocycles. The van der Waals surface area contributed by atoms with Gasteiger partial charge in [0, 0.05) is 13.0 Å². The van der Waals surface area contributed by atoms with E-state index in [1.807, 2.05) is 6.07 Å². The number of amides is 2. The highest BCUT2D eigenvalue weighted by Crippen LogP contribution is 2.17. The highest BCUT2D eigenvalue weighted by atomic mass is 16.4. The Balaban J connectivity index is 1.30. The first kappa shape index (κ1) is 20.0. The van der Waals surface area contributed by atoms with Gasteiger partial charge in [0.05, 0.1) is 17.4 Å². The summed E-state index contributed by atoms with van der Waals surface area (Å²) in [6.07, 6.45) is 1.73. The van der Waals surface area contributed by atoms with Gasteiger partial charge in [-0.2, -0.15) is 5.10 Å². The van der Waals surface area contributed by atoms with Crippen molar-refractivity contribution < 1.29 is 19.1 Å². The van der Waals surface area contributed by atoms with Crippen LogP contribution in [0.15, 0.2) is 70.0 Å². The maximum Gasteiger partial charge on any atom is 0.419 e. The number of aryl methyl sites for hydroxylation is 1. The number of benzene rings is 2. The van der Waals surface area contributed by atoms with E-state index >= 15 is 0 Å². The number of carbonyl (C=O) groups is 2. The van der Waals surface area contributed by atoms with Gasteiger partial charge in [-0.15, -0.1) is 0 Å². The van der Waals surface area contributed by atoms with Gasteiger partial charge in [-0.05, 0) is 30.7 Å². The number of rotatable bonds is 6. The van der Waals surface area contributed by atoms with Crippen LogP contribution in [-0.4, -0.2) is 31.3 Å². The standard InChI is InChI=1S/C21H19N5O5/c27-16-13-26(14-7-2-1-3-8-14)24-19(16)20(29)23-22-18(28)11-6-12-25-15-9-4-5-10-17(15)31-21(25)30/h1-5,7-10,13,27H,6,11-12H2,(H,22,28)(H,23,29). The maximum absolute atomic E-state index is 12.2. The van der Waals surface area contributed by atoms with Crippen LogP contribution >= 0.6 is 0 Å². The summed E-state index contributed by atoms with van der Waals surface area (Å²) in [6.45, 7) is 0.291. The zero-order valence-corrected chi connectivity index (χ0v) is 16.3. The number of hydrogen-bond acceptors (Lipinski definition) is 6. The first-order chi connectivity index (χ1) is 15.0. The second kappa shape index (κ2) is 8.57. The number of nitrogens with one attached hydrogen (secondary N) is 2. The summed E-state index contributed by atoms with van der Waals surface area (Å²) < 4.78 is 7.96. The lowest BCUT2D eigenvalue weighted by molar-refractivity contribution is -0.122. The quantitative estimate of drug-likeness (QED) is 0.406. The van der Waals surface area contributed by atoms with Crippen molar-refractivity contribution in [3.8, 4) is 11.4 Å².